The number of hydrogen-bond acceptors (Lipinski definition) is 1. The fourth-order valence-corrected chi connectivity index (χ4v) is 2.24. The summed E-state index contributed by atoms with van der Waals surface area (Å²) in [5.41, 5.74) is 4.41. The molecular weight excluding hydrogens is 242 g/mol. The number of rotatable bonds is 4. The molecule has 0 saturated carbocycles. The van der Waals surface area contributed by atoms with Crippen LogP contribution in [0.15, 0.2) is 12.1 Å². The van der Waals surface area contributed by atoms with Crippen LogP contribution in [0.4, 0.5) is 0 Å². The SMILES string of the molecule is CCN(CC)Cc1[c]c(C(C)(C)C)cc(C(C)(C)C)c1. The maximum absolute atomic E-state index is 3.65. The maximum atomic E-state index is 3.65. The molecule has 0 unspecified atom stereocenters. The van der Waals surface area contributed by atoms with Crippen molar-refractivity contribution >= 4 is 0 Å². The first-order valence-electron chi connectivity index (χ1n) is 7.87. The Bertz CT molecular complexity index is 396. The quantitative estimate of drug-likeness (QED) is 0.753. The molecule has 1 radical (unpaired) electrons. The van der Waals surface area contributed by atoms with Crippen molar-refractivity contribution < 1.29 is 0 Å². The third-order valence-corrected chi connectivity index (χ3v) is 3.89. The molecule has 0 atom stereocenters. The van der Waals surface area contributed by atoms with Crippen molar-refractivity contribution in [2.45, 2.75) is 72.8 Å². The van der Waals surface area contributed by atoms with Crippen molar-refractivity contribution in [3.8, 4) is 0 Å². The van der Waals surface area contributed by atoms with Gasteiger partial charge in [-0.25, -0.2) is 0 Å². The van der Waals surface area contributed by atoms with E-state index in [1.165, 1.54) is 16.7 Å². The third-order valence-electron chi connectivity index (χ3n) is 3.89. The van der Waals surface area contributed by atoms with E-state index in [1.54, 1.807) is 0 Å². The van der Waals surface area contributed by atoms with Crippen LogP contribution in [0.5, 0.6) is 0 Å². The van der Waals surface area contributed by atoms with Crippen molar-refractivity contribution in [3.05, 3.63) is 34.9 Å². The smallest absolute Gasteiger partial charge is 0.0239 e. The van der Waals surface area contributed by atoms with Gasteiger partial charge >= 0.3 is 0 Å². The molecule has 0 heterocycles. The third kappa shape index (κ3) is 4.63. The summed E-state index contributed by atoms with van der Waals surface area (Å²) >= 11 is 0. The van der Waals surface area contributed by atoms with Crippen LogP contribution < -0.4 is 0 Å². The molecule has 1 aromatic rings. The predicted molar refractivity (Wildman–Crippen MR) is 89.3 cm³/mol. The van der Waals surface area contributed by atoms with Gasteiger partial charge in [-0.1, -0.05) is 67.5 Å². The van der Waals surface area contributed by atoms with Crippen molar-refractivity contribution in [2.24, 2.45) is 0 Å². The Morgan fingerprint density at radius 1 is 0.900 bits per heavy atom. The Balaban J connectivity index is 3.24. The summed E-state index contributed by atoms with van der Waals surface area (Å²) < 4.78 is 0. The standard InChI is InChI=1S/C19H32N/c1-9-20(10-2)14-15-11-16(18(3,4)5)13-17(12-15)19(6,7)8/h11,13H,9-10,14H2,1-8H3. The van der Waals surface area contributed by atoms with Crippen molar-refractivity contribution in [1.29, 1.82) is 0 Å². The van der Waals surface area contributed by atoms with E-state index < -0.39 is 0 Å². The van der Waals surface area contributed by atoms with E-state index in [2.05, 4.69) is 78.5 Å². The zero-order valence-corrected chi connectivity index (χ0v) is 14.7. The lowest BCUT2D eigenvalue weighted by Gasteiger charge is -2.27. The molecule has 1 nitrogen and oxygen atoms in total. The van der Waals surface area contributed by atoms with Crippen LogP contribution in [-0.4, -0.2) is 18.0 Å². The summed E-state index contributed by atoms with van der Waals surface area (Å²) in [6.07, 6.45) is 0. The highest BCUT2D eigenvalue weighted by Crippen LogP contribution is 2.30. The van der Waals surface area contributed by atoms with E-state index in [0.717, 1.165) is 19.6 Å². The Hall–Kier alpha value is -0.820. The summed E-state index contributed by atoms with van der Waals surface area (Å²) in [5.74, 6) is 0. The zero-order valence-electron chi connectivity index (χ0n) is 14.7. The zero-order chi connectivity index (χ0) is 15.6. The second kappa shape index (κ2) is 6.30. The monoisotopic (exact) mass is 274 g/mol. The molecular formula is C19H32N. The second-order valence-electron chi connectivity index (χ2n) is 7.77. The van der Waals surface area contributed by atoms with Crippen LogP contribution in [0.3, 0.4) is 0 Å². The Morgan fingerprint density at radius 2 is 1.45 bits per heavy atom. The van der Waals surface area contributed by atoms with Gasteiger partial charge in [-0.15, -0.1) is 0 Å². The molecule has 1 aromatic carbocycles. The van der Waals surface area contributed by atoms with Gasteiger partial charge in [-0.2, -0.15) is 0 Å². The van der Waals surface area contributed by atoms with Crippen LogP contribution in [0.1, 0.15) is 72.1 Å². The van der Waals surface area contributed by atoms with E-state index in [0.29, 0.717) is 0 Å². The molecule has 1 rings (SSSR count). The lowest BCUT2D eigenvalue weighted by Crippen LogP contribution is -2.24. The van der Waals surface area contributed by atoms with Gasteiger partial charge in [0.15, 0.2) is 0 Å². The average Bonchev–Trinajstić information content (AvgIpc) is 2.33. The minimum Gasteiger partial charge on any atom is -0.300 e. The minimum absolute atomic E-state index is 0.152. The van der Waals surface area contributed by atoms with Crippen molar-refractivity contribution in [1.82, 2.24) is 4.90 Å². The van der Waals surface area contributed by atoms with Gasteiger partial charge in [0.1, 0.15) is 0 Å². The molecule has 0 aliphatic carbocycles. The Labute approximate surface area is 126 Å². The fraction of sp³-hybridized carbons (Fsp3) is 0.684. The first kappa shape index (κ1) is 17.2. The van der Waals surface area contributed by atoms with Gasteiger partial charge in [0, 0.05) is 6.54 Å². The molecule has 0 bridgehead atoms. The summed E-state index contributed by atoms with van der Waals surface area (Å²) in [7, 11) is 0. The van der Waals surface area contributed by atoms with Gasteiger partial charge in [0.05, 0.1) is 0 Å². The van der Waals surface area contributed by atoms with Crippen LogP contribution >= 0.6 is 0 Å². The molecule has 0 fully saturated rings. The van der Waals surface area contributed by atoms with Gasteiger partial charge in [-0.05, 0) is 46.7 Å². The summed E-state index contributed by atoms with van der Waals surface area (Å²) in [6, 6.07) is 8.33. The van der Waals surface area contributed by atoms with E-state index in [9.17, 15) is 0 Å². The van der Waals surface area contributed by atoms with E-state index in [-0.39, 0.29) is 10.8 Å². The molecule has 0 spiro atoms. The topological polar surface area (TPSA) is 3.24 Å². The van der Waals surface area contributed by atoms with Crippen LogP contribution in [0.25, 0.3) is 0 Å². The molecule has 113 valence electrons. The minimum atomic E-state index is 0.152. The molecule has 0 aliphatic heterocycles. The number of benzene rings is 1. The van der Waals surface area contributed by atoms with Crippen LogP contribution in [0.2, 0.25) is 0 Å². The fourth-order valence-electron chi connectivity index (χ4n) is 2.24. The lowest BCUT2D eigenvalue weighted by atomic mass is 9.79. The molecule has 0 aromatic heterocycles. The predicted octanol–water partition coefficient (Wildman–Crippen LogP) is 4.92. The van der Waals surface area contributed by atoms with Crippen molar-refractivity contribution in [2.75, 3.05) is 13.1 Å². The maximum Gasteiger partial charge on any atom is 0.0239 e. The largest absolute Gasteiger partial charge is 0.300 e. The Kier molecular flexibility index (Phi) is 5.43. The number of hydrogen-bond donors (Lipinski definition) is 0. The highest BCUT2D eigenvalue weighted by molar-refractivity contribution is 5.36. The van der Waals surface area contributed by atoms with Gasteiger partial charge in [-0.3, -0.25) is 4.90 Å². The first-order valence-corrected chi connectivity index (χ1v) is 7.87. The van der Waals surface area contributed by atoms with E-state index in [4.69, 9.17) is 0 Å². The lowest BCUT2D eigenvalue weighted by molar-refractivity contribution is 0.295. The van der Waals surface area contributed by atoms with Crippen molar-refractivity contribution in [3.63, 3.8) is 0 Å². The summed E-state index contributed by atoms with van der Waals surface area (Å²) in [4.78, 5) is 2.45. The van der Waals surface area contributed by atoms with Crippen LogP contribution in [-0.2, 0) is 17.4 Å². The van der Waals surface area contributed by atoms with E-state index >= 15 is 0 Å². The molecule has 1 heteroatoms. The molecule has 0 saturated heterocycles. The summed E-state index contributed by atoms with van der Waals surface area (Å²) in [6.45, 7) is 21.3. The van der Waals surface area contributed by atoms with E-state index in [1.807, 2.05) is 0 Å². The average molecular weight is 274 g/mol. The second-order valence-corrected chi connectivity index (χ2v) is 7.77. The van der Waals surface area contributed by atoms with Gasteiger partial charge < -0.3 is 0 Å². The van der Waals surface area contributed by atoms with Gasteiger partial charge in [0.2, 0.25) is 0 Å². The normalized spacial score (nSPS) is 13.1. The van der Waals surface area contributed by atoms with Crippen LogP contribution in [0, 0.1) is 6.07 Å². The summed E-state index contributed by atoms with van der Waals surface area (Å²) in [5, 5.41) is 0. The highest BCUT2D eigenvalue weighted by atomic mass is 15.1. The Morgan fingerprint density at radius 3 is 1.85 bits per heavy atom. The van der Waals surface area contributed by atoms with Gasteiger partial charge in [0.25, 0.3) is 0 Å². The molecule has 0 aliphatic rings. The highest BCUT2D eigenvalue weighted by Gasteiger charge is 2.21. The molecule has 20 heavy (non-hydrogen) atoms. The number of nitrogens with zero attached hydrogens (tertiary/aromatic N) is 1. The molecule has 0 N–H and O–H groups in total. The first-order chi connectivity index (χ1) is 9.07. The molecule has 0 amide bonds.